The Morgan fingerprint density at radius 1 is 1.33 bits per heavy atom. The van der Waals surface area contributed by atoms with E-state index in [0.717, 1.165) is 12.8 Å². The molecule has 0 unspecified atom stereocenters. The Balaban J connectivity index is 2.30. The molecule has 0 amide bonds. The Morgan fingerprint density at radius 2 is 2.00 bits per heavy atom. The van der Waals surface area contributed by atoms with E-state index in [4.69, 9.17) is 10.3 Å². The van der Waals surface area contributed by atoms with Crippen molar-refractivity contribution >= 4 is 5.78 Å². The summed E-state index contributed by atoms with van der Waals surface area (Å²) in [5.74, 6) is 0.0348. The largest absolute Gasteiger partial charge is 0.371 e. The Hall–Kier alpha value is -2.10. The molecule has 3 atom stereocenters. The zero-order valence-corrected chi connectivity index (χ0v) is 14.6. The first kappa shape index (κ1) is 18.2. The van der Waals surface area contributed by atoms with E-state index in [1.165, 1.54) is 0 Å². The van der Waals surface area contributed by atoms with Crippen molar-refractivity contribution in [2.24, 2.45) is 11.0 Å². The summed E-state index contributed by atoms with van der Waals surface area (Å²) in [5.41, 5.74) is 10.2. The summed E-state index contributed by atoms with van der Waals surface area (Å²) >= 11 is 0. The molecule has 0 heterocycles. The van der Waals surface area contributed by atoms with Gasteiger partial charge in [0, 0.05) is 16.5 Å². The van der Waals surface area contributed by atoms with Crippen LogP contribution in [0.4, 0.5) is 0 Å². The van der Waals surface area contributed by atoms with Gasteiger partial charge < -0.3 is 4.74 Å². The Kier molecular flexibility index (Phi) is 6.59. The van der Waals surface area contributed by atoms with Gasteiger partial charge >= 0.3 is 0 Å². The van der Waals surface area contributed by atoms with Gasteiger partial charge in [-0.1, -0.05) is 56.2 Å². The van der Waals surface area contributed by atoms with Crippen molar-refractivity contribution in [2.75, 3.05) is 0 Å². The van der Waals surface area contributed by atoms with Crippen LogP contribution in [0, 0.1) is 5.92 Å². The summed E-state index contributed by atoms with van der Waals surface area (Å²) in [4.78, 5) is 15.7. The lowest BCUT2D eigenvalue weighted by atomic mass is 9.81. The van der Waals surface area contributed by atoms with Crippen molar-refractivity contribution in [1.82, 2.24) is 0 Å². The molecule has 24 heavy (non-hydrogen) atoms. The van der Waals surface area contributed by atoms with Gasteiger partial charge in [-0.05, 0) is 42.4 Å². The van der Waals surface area contributed by atoms with Crippen molar-refractivity contribution in [3.8, 4) is 0 Å². The molecule has 0 aromatic heterocycles. The highest BCUT2D eigenvalue weighted by molar-refractivity contribution is 6.08. The Bertz CT molecular complexity index is 631. The molecule has 1 aromatic carbocycles. The molecule has 1 aliphatic carbocycles. The molecular formula is C19H25N3O2. The van der Waals surface area contributed by atoms with E-state index in [2.05, 4.69) is 23.9 Å². The van der Waals surface area contributed by atoms with E-state index in [9.17, 15) is 4.79 Å². The first-order chi connectivity index (χ1) is 11.6. The van der Waals surface area contributed by atoms with Crippen LogP contribution in [0.25, 0.3) is 10.4 Å². The smallest absolute Gasteiger partial charge is 0.188 e. The highest BCUT2D eigenvalue weighted by Gasteiger charge is 2.33. The number of hydrogen-bond donors (Lipinski definition) is 0. The van der Waals surface area contributed by atoms with Crippen LogP contribution < -0.4 is 0 Å². The van der Waals surface area contributed by atoms with Gasteiger partial charge in [0.05, 0.1) is 12.2 Å². The molecule has 0 saturated carbocycles. The monoisotopic (exact) mass is 327 g/mol. The summed E-state index contributed by atoms with van der Waals surface area (Å²) < 4.78 is 6.18. The van der Waals surface area contributed by atoms with Crippen LogP contribution >= 0.6 is 0 Å². The van der Waals surface area contributed by atoms with Crippen LogP contribution in [0.2, 0.25) is 0 Å². The van der Waals surface area contributed by atoms with Gasteiger partial charge in [0.15, 0.2) is 5.78 Å². The molecule has 5 heteroatoms. The molecule has 2 rings (SSSR count). The first-order valence-corrected chi connectivity index (χ1v) is 8.60. The molecule has 0 aliphatic heterocycles. The van der Waals surface area contributed by atoms with E-state index >= 15 is 0 Å². The summed E-state index contributed by atoms with van der Waals surface area (Å²) in [7, 11) is 0. The lowest BCUT2D eigenvalue weighted by Crippen LogP contribution is -2.37. The number of carbonyl (C=O) groups excluding carboxylic acids is 1. The minimum absolute atomic E-state index is 0.0150. The van der Waals surface area contributed by atoms with Crippen molar-refractivity contribution in [3.63, 3.8) is 0 Å². The summed E-state index contributed by atoms with van der Waals surface area (Å²) in [6, 6.07) is 8.93. The third-order valence-electron chi connectivity index (χ3n) is 4.71. The number of rotatable bonds is 7. The quantitative estimate of drug-likeness (QED) is 0.303. The average molecular weight is 327 g/mol. The molecule has 0 N–H and O–H groups in total. The van der Waals surface area contributed by atoms with Crippen molar-refractivity contribution in [3.05, 3.63) is 58.0 Å². The van der Waals surface area contributed by atoms with Crippen molar-refractivity contribution < 1.29 is 9.53 Å². The number of hydrogen-bond acceptors (Lipinski definition) is 3. The van der Waals surface area contributed by atoms with Crippen LogP contribution in [0.3, 0.4) is 0 Å². The fourth-order valence-electron chi connectivity index (χ4n) is 3.07. The van der Waals surface area contributed by atoms with Crippen molar-refractivity contribution in [2.45, 2.75) is 58.3 Å². The van der Waals surface area contributed by atoms with E-state index < -0.39 is 0 Å². The van der Waals surface area contributed by atoms with Gasteiger partial charge in [-0.15, -0.1) is 0 Å². The van der Waals surface area contributed by atoms with E-state index in [1.54, 1.807) is 12.1 Å². The second-order valence-electron chi connectivity index (χ2n) is 6.26. The zero-order chi connectivity index (χ0) is 17.5. The van der Waals surface area contributed by atoms with Crippen LogP contribution in [0.15, 0.2) is 47.1 Å². The van der Waals surface area contributed by atoms with Gasteiger partial charge in [0.25, 0.3) is 0 Å². The Labute approximate surface area is 143 Å². The summed E-state index contributed by atoms with van der Waals surface area (Å²) in [6.07, 6.45) is 4.17. The second-order valence-corrected chi connectivity index (χ2v) is 6.26. The SMILES string of the molecule is CCC(CC)O[C@@H]1C=C(C(=O)c2ccccc2)C[C@H](N=[N+]=[N-])[C@H]1C. The lowest BCUT2D eigenvalue weighted by molar-refractivity contribution is -0.0247. The molecule has 1 aliphatic rings. The minimum Gasteiger partial charge on any atom is -0.371 e. The maximum absolute atomic E-state index is 12.8. The second kappa shape index (κ2) is 8.67. The standard InChI is InChI=1S/C19H25N3O2/c1-4-16(5-2)24-18-12-15(11-17(13(18)3)21-22-20)19(23)14-9-7-6-8-10-14/h6-10,12-13,16-18H,4-5,11H2,1-3H3/t13-,17+,18-/m1/s1. The average Bonchev–Trinajstić information content (AvgIpc) is 2.62. The van der Waals surface area contributed by atoms with E-state index in [-0.39, 0.29) is 30.0 Å². The number of Topliss-reactive ketones (excluding diaryl/α,β-unsaturated/α-hetero) is 1. The zero-order valence-electron chi connectivity index (χ0n) is 14.6. The van der Waals surface area contributed by atoms with Gasteiger partial charge in [0.2, 0.25) is 0 Å². The fourth-order valence-corrected chi connectivity index (χ4v) is 3.07. The van der Waals surface area contributed by atoms with Gasteiger partial charge in [-0.2, -0.15) is 0 Å². The molecule has 1 aromatic rings. The number of carbonyl (C=O) groups is 1. The lowest BCUT2D eigenvalue weighted by Gasteiger charge is -2.34. The van der Waals surface area contributed by atoms with Crippen LogP contribution in [-0.2, 0) is 4.74 Å². The maximum Gasteiger partial charge on any atom is 0.188 e. The normalized spacial score (nSPS) is 23.5. The molecule has 128 valence electrons. The number of nitrogens with zero attached hydrogens (tertiary/aromatic N) is 3. The summed E-state index contributed by atoms with van der Waals surface area (Å²) in [6.45, 7) is 6.20. The first-order valence-electron chi connectivity index (χ1n) is 8.60. The molecule has 0 bridgehead atoms. The predicted octanol–water partition coefficient (Wildman–Crippen LogP) is 5.09. The number of azide groups is 1. The number of benzene rings is 1. The number of ether oxygens (including phenoxy) is 1. The predicted molar refractivity (Wildman–Crippen MR) is 94.8 cm³/mol. The third kappa shape index (κ3) is 4.25. The van der Waals surface area contributed by atoms with Gasteiger partial charge in [-0.25, -0.2) is 0 Å². The third-order valence-corrected chi connectivity index (χ3v) is 4.71. The molecule has 0 saturated heterocycles. The van der Waals surface area contributed by atoms with Gasteiger partial charge in [-0.3, -0.25) is 4.79 Å². The topological polar surface area (TPSA) is 75.1 Å². The molecular weight excluding hydrogens is 302 g/mol. The van der Waals surface area contributed by atoms with Crippen LogP contribution in [0.5, 0.6) is 0 Å². The minimum atomic E-state index is -0.262. The van der Waals surface area contributed by atoms with Crippen LogP contribution in [0.1, 0.15) is 50.4 Å². The van der Waals surface area contributed by atoms with Crippen LogP contribution in [-0.4, -0.2) is 24.0 Å². The van der Waals surface area contributed by atoms with E-state index in [1.807, 2.05) is 31.2 Å². The highest BCUT2D eigenvalue weighted by atomic mass is 16.5. The molecule has 0 radical (unpaired) electrons. The highest BCUT2D eigenvalue weighted by Crippen LogP contribution is 2.32. The Morgan fingerprint density at radius 3 is 2.58 bits per heavy atom. The fraction of sp³-hybridized carbons (Fsp3) is 0.526. The van der Waals surface area contributed by atoms with Crippen molar-refractivity contribution in [1.29, 1.82) is 0 Å². The summed E-state index contributed by atoms with van der Waals surface area (Å²) in [5, 5.41) is 3.91. The van der Waals surface area contributed by atoms with E-state index in [0.29, 0.717) is 17.6 Å². The maximum atomic E-state index is 12.8. The van der Waals surface area contributed by atoms with Gasteiger partial charge in [0.1, 0.15) is 0 Å². The molecule has 5 nitrogen and oxygen atoms in total. The number of ketones is 1. The molecule has 0 fully saturated rings. The molecule has 0 spiro atoms.